The predicted octanol–water partition coefficient (Wildman–Crippen LogP) is 3.32. The van der Waals surface area contributed by atoms with Crippen LogP contribution in [0.1, 0.15) is 50.0 Å². The minimum Gasteiger partial charge on any atom is -0.468 e. The van der Waals surface area contributed by atoms with Gasteiger partial charge in [0.2, 0.25) is 0 Å². The summed E-state index contributed by atoms with van der Waals surface area (Å²) in [4.78, 5) is 15.8. The number of benzene rings is 1. The molecule has 0 spiro atoms. The summed E-state index contributed by atoms with van der Waals surface area (Å²) < 4.78 is 5.11. The number of carbonyl (C=O) groups excluding carboxylic acids is 1. The van der Waals surface area contributed by atoms with Crippen LogP contribution in [0.2, 0.25) is 0 Å². The van der Waals surface area contributed by atoms with Gasteiger partial charge in [0.05, 0.1) is 7.11 Å². The summed E-state index contributed by atoms with van der Waals surface area (Å²) in [5, 5.41) is 8.41. The van der Waals surface area contributed by atoms with Gasteiger partial charge in [0, 0.05) is 23.1 Å². The molecule has 2 heterocycles. The highest BCUT2D eigenvalue weighted by Crippen LogP contribution is 2.37. The van der Waals surface area contributed by atoms with E-state index in [9.17, 15) is 4.79 Å². The molecule has 1 unspecified atom stereocenters. The normalized spacial score (nSPS) is 25.4. The Labute approximate surface area is 161 Å². The maximum Gasteiger partial charge on any atom is 0.323 e. The number of nitrogens with one attached hydrogen (secondary N) is 3. The number of hydrogen-bond acceptors (Lipinski definition) is 4. The molecule has 1 saturated heterocycles. The lowest BCUT2D eigenvalue weighted by atomic mass is 9.80. The van der Waals surface area contributed by atoms with E-state index in [0.717, 1.165) is 38.8 Å². The van der Waals surface area contributed by atoms with Gasteiger partial charge in [-0.25, -0.2) is 0 Å². The highest BCUT2D eigenvalue weighted by molar-refractivity contribution is 5.83. The van der Waals surface area contributed by atoms with Gasteiger partial charge >= 0.3 is 5.97 Å². The van der Waals surface area contributed by atoms with Gasteiger partial charge in [-0.15, -0.1) is 0 Å². The number of methoxy groups -OCH3 is 1. The first-order valence-electron chi connectivity index (χ1n) is 10.4. The number of ether oxygens (including phenoxy) is 1. The molecule has 0 bridgehead atoms. The third kappa shape index (κ3) is 4.04. The Bertz CT molecular complexity index is 758. The van der Waals surface area contributed by atoms with Crippen LogP contribution in [0.15, 0.2) is 30.5 Å². The Hall–Kier alpha value is -1.85. The van der Waals surface area contributed by atoms with Crippen molar-refractivity contribution in [3.8, 4) is 0 Å². The van der Waals surface area contributed by atoms with E-state index in [1.165, 1.54) is 36.4 Å². The van der Waals surface area contributed by atoms with Gasteiger partial charge in [0.25, 0.3) is 0 Å². The number of para-hydroxylation sites is 1. The van der Waals surface area contributed by atoms with Crippen LogP contribution in [-0.2, 0) is 9.53 Å². The molecule has 1 aromatic carbocycles. The summed E-state index contributed by atoms with van der Waals surface area (Å²) >= 11 is 0. The number of esters is 1. The van der Waals surface area contributed by atoms with Crippen molar-refractivity contribution in [2.45, 2.75) is 56.5 Å². The smallest absolute Gasteiger partial charge is 0.323 e. The Morgan fingerprint density at radius 1 is 1.11 bits per heavy atom. The molecule has 5 nitrogen and oxygen atoms in total. The molecule has 0 radical (unpaired) electrons. The molecule has 5 heteroatoms. The van der Waals surface area contributed by atoms with Crippen LogP contribution in [0.3, 0.4) is 0 Å². The molecule has 0 amide bonds. The lowest BCUT2D eigenvalue weighted by Crippen LogP contribution is -2.51. The van der Waals surface area contributed by atoms with Crippen LogP contribution in [0.4, 0.5) is 0 Å². The van der Waals surface area contributed by atoms with Crippen LogP contribution in [0, 0.1) is 5.92 Å². The van der Waals surface area contributed by atoms with Crippen molar-refractivity contribution in [2.24, 2.45) is 5.92 Å². The van der Waals surface area contributed by atoms with Crippen molar-refractivity contribution in [1.29, 1.82) is 0 Å². The first-order chi connectivity index (χ1) is 13.3. The first-order valence-corrected chi connectivity index (χ1v) is 10.4. The predicted molar refractivity (Wildman–Crippen MR) is 108 cm³/mol. The highest BCUT2D eigenvalue weighted by Gasteiger charge is 2.33. The summed E-state index contributed by atoms with van der Waals surface area (Å²) in [5.74, 6) is 0.889. The third-order valence-corrected chi connectivity index (χ3v) is 6.51. The Balaban J connectivity index is 1.38. The van der Waals surface area contributed by atoms with Gasteiger partial charge in [-0.3, -0.25) is 4.79 Å². The number of fused-ring (bicyclic) bond motifs is 1. The van der Waals surface area contributed by atoms with E-state index >= 15 is 0 Å². The fourth-order valence-corrected chi connectivity index (χ4v) is 4.96. The zero-order valence-corrected chi connectivity index (χ0v) is 16.2. The lowest BCUT2D eigenvalue weighted by Gasteiger charge is -2.35. The molecule has 3 N–H and O–H groups in total. The number of H-pyrrole nitrogens is 1. The number of piperidine rings is 1. The molecular weight excluding hydrogens is 338 g/mol. The van der Waals surface area contributed by atoms with E-state index in [4.69, 9.17) is 4.74 Å². The van der Waals surface area contributed by atoms with Gasteiger partial charge in [-0.1, -0.05) is 18.2 Å². The second kappa shape index (κ2) is 8.44. The van der Waals surface area contributed by atoms with Crippen LogP contribution in [0.25, 0.3) is 10.9 Å². The molecule has 1 aromatic heterocycles. The van der Waals surface area contributed by atoms with Crippen molar-refractivity contribution in [2.75, 3.05) is 20.2 Å². The van der Waals surface area contributed by atoms with Gasteiger partial charge < -0.3 is 20.4 Å². The third-order valence-electron chi connectivity index (χ3n) is 6.51. The number of aromatic nitrogens is 1. The molecule has 2 aromatic rings. The molecule has 1 atom stereocenters. The van der Waals surface area contributed by atoms with Crippen molar-refractivity contribution >= 4 is 16.9 Å². The Kier molecular flexibility index (Phi) is 5.79. The average molecular weight is 370 g/mol. The van der Waals surface area contributed by atoms with Crippen LogP contribution >= 0.6 is 0 Å². The minimum atomic E-state index is -0.160. The van der Waals surface area contributed by atoms with E-state index in [1.807, 2.05) is 0 Å². The second-order valence-electron chi connectivity index (χ2n) is 8.09. The Morgan fingerprint density at radius 2 is 1.85 bits per heavy atom. The molecule has 4 rings (SSSR count). The SMILES string of the molecule is COC(=O)C(NC1CCC(c2c[nH]c3ccccc23)CC1)C1CCNCC1. The van der Waals surface area contributed by atoms with Crippen molar-refractivity contribution in [1.82, 2.24) is 15.6 Å². The van der Waals surface area contributed by atoms with E-state index in [1.54, 1.807) is 0 Å². The molecular formula is C22H31N3O2. The van der Waals surface area contributed by atoms with E-state index in [-0.39, 0.29) is 12.0 Å². The number of aromatic amines is 1. The summed E-state index contributed by atoms with van der Waals surface area (Å²) in [6.07, 6.45) is 8.83. The van der Waals surface area contributed by atoms with Crippen molar-refractivity contribution in [3.05, 3.63) is 36.0 Å². The molecule has 2 fully saturated rings. The summed E-state index contributed by atoms with van der Waals surface area (Å²) in [5.41, 5.74) is 2.68. The maximum absolute atomic E-state index is 12.4. The molecule has 27 heavy (non-hydrogen) atoms. The van der Waals surface area contributed by atoms with Gasteiger partial charge in [-0.2, -0.15) is 0 Å². The van der Waals surface area contributed by atoms with Gasteiger partial charge in [0.1, 0.15) is 6.04 Å². The van der Waals surface area contributed by atoms with Crippen LogP contribution in [-0.4, -0.2) is 43.2 Å². The highest BCUT2D eigenvalue weighted by atomic mass is 16.5. The molecule has 146 valence electrons. The first kappa shape index (κ1) is 18.5. The van der Waals surface area contributed by atoms with E-state index < -0.39 is 0 Å². The summed E-state index contributed by atoms with van der Waals surface area (Å²) in [6.45, 7) is 1.99. The fourth-order valence-electron chi connectivity index (χ4n) is 4.96. The van der Waals surface area contributed by atoms with Crippen LogP contribution < -0.4 is 10.6 Å². The molecule has 1 saturated carbocycles. The topological polar surface area (TPSA) is 66.1 Å². The van der Waals surface area contributed by atoms with E-state index in [0.29, 0.717) is 17.9 Å². The number of carbonyl (C=O) groups is 1. The molecule has 2 aliphatic rings. The second-order valence-corrected chi connectivity index (χ2v) is 8.09. The average Bonchev–Trinajstić information content (AvgIpc) is 3.17. The van der Waals surface area contributed by atoms with Gasteiger partial charge in [0.15, 0.2) is 0 Å². The fraction of sp³-hybridized carbons (Fsp3) is 0.591. The quantitative estimate of drug-likeness (QED) is 0.708. The maximum atomic E-state index is 12.4. The summed E-state index contributed by atoms with van der Waals surface area (Å²) in [7, 11) is 1.51. The zero-order valence-electron chi connectivity index (χ0n) is 16.2. The van der Waals surface area contributed by atoms with Crippen molar-refractivity contribution in [3.63, 3.8) is 0 Å². The lowest BCUT2D eigenvalue weighted by molar-refractivity contribution is -0.145. The zero-order chi connectivity index (χ0) is 18.6. The monoisotopic (exact) mass is 369 g/mol. The number of hydrogen-bond donors (Lipinski definition) is 3. The molecule has 1 aliphatic carbocycles. The summed E-state index contributed by atoms with van der Waals surface area (Å²) in [6, 6.07) is 8.81. The van der Waals surface area contributed by atoms with E-state index in [2.05, 4.69) is 46.1 Å². The van der Waals surface area contributed by atoms with Gasteiger partial charge in [-0.05, 0) is 75.1 Å². The van der Waals surface area contributed by atoms with Crippen molar-refractivity contribution < 1.29 is 9.53 Å². The largest absolute Gasteiger partial charge is 0.468 e. The minimum absolute atomic E-state index is 0.0966. The molecule has 1 aliphatic heterocycles. The van der Waals surface area contributed by atoms with Crippen LogP contribution in [0.5, 0.6) is 0 Å². The Morgan fingerprint density at radius 3 is 2.59 bits per heavy atom. The number of rotatable bonds is 5. The standard InChI is InChI=1S/C22H31N3O2/c1-27-22(26)21(16-10-12-23-13-11-16)25-17-8-6-15(7-9-17)19-14-24-20-5-3-2-4-18(19)20/h2-5,14-17,21,23-25H,6-13H2,1H3.